The highest BCUT2D eigenvalue weighted by atomic mass is 35.5. The van der Waals surface area contributed by atoms with Crippen LogP contribution in [0.4, 0.5) is 0 Å². The predicted molar refractivity (Wildman–Crippen MR) is 110 cm³/mol. The summed E-state index contributed by atoms with van der Waals surface area (Å²) in [5.41, 5.74) is -0.810. The van der Waals surface area contributed by atoms with Gasteiger partial charge in [-0.1, -0.05) is 36.7 Å². The van der Waals surface area contributed by atoms with Crippen LogP contribution in [-0.4, -0.2) is 56.1 Å². The van der Waals surface area contributed by atoms with Crippen molar-refractivity contribution in [3.8, 4) is 5.75 Å². The molecule has 0 spiro atoms. The van der Waals surface area contributed by atoms with Crippen LogP contribution in [0.15, 0.2) is 42.6 Å². The van der Waals surface area contributed by atoms with Gasteiger partial charge in [-0.3, -0.25) is 14.1 Å². The molecule has 0 aliphatic heterocycles. The Bertz CT molecular complexity index is 706. The summed E-state index contributed by atoms with van der Waals surface area (Å²) < 4.78 is 29.3. The van der Waals surface area contributed by atoms with Crippen molar-refractivity contribution in [1.29, 1.82) is 0 Å². The summed E-state index contributed by atoms with van der Waals surface area (Å²) in [6.07, 6.45) is 2.51. The maximum Gasteiger partial charge on any atom is 0.458 e. The van der Waals surface area contributed by atoms with Crippen LogP contribution in [0.5, 0.6) is 5.75 Å². The molecular formula is C18H27ClN3O6P. The van der Waals surface area contributed by atoms with Gasteiger partial charge in [0.1, 0.15) is 11.3 Å². The number of amides is 2. The molecule has 0 bridgehead atoms. The number of alkyl halides is 1. The summed E-state index contributed by atoms with van der Waals surface area (Å²) in [4.78, 5) is 23.6. The number of para-hydroxylation sites is 1. The quantitative estimate of drug-likeness (QED) is 0.148. The zero-order valence-electron chi connectivity index (χ0n) is 16.6. The van der Waals surface area contributed by atoms with E-state index in [9.17, 15) is 14.2 Å². The zero-order valence-corrected chi connectivity index (χ0v) is 18.3. The number of methoxy groups -OCH3 is 1. The van der Waals surface area contributed by atoms with Gasteiger partial charge in [0.2, 0.25) is 12.3 Å². The van der Waals surface area contributed by atoms with Gasteiger partial charge >= 0.3 is 7.75 Å². The normalized spacial score (nSPS) is 15.3. The molecule has 2 N–H and O–H groups in total. The Balaban J connectivity index is 2.71. The molecule has 3 atom stereocenters. The molecule has 0 saturated heterocycles. The number of nitrogens with one attached hydrogen (secondary N) is 2. The average Bonchev–Trinajstić information content (AvgIpc) is 2.72. The van der Waals surface area contributed by atoms with E-state index in [1.807, 2.05) is 6.07 Å². The van der Waals surface area contributed by atoms with Crippen LogP contribution in [0.1, 0.15) is 13.3 Å². The monoisotopic (exact) mass is 447 g/mol. The summed E-state index contributed by atoms with van der Waals surface area (Å²) in [5.74, 6) is 0.0180. The number of hydrogen-bond donors (Lipinski definition) is 2. The lowest BCUT2D eigenvalue weighted by Gasteiger charge is -2.25. The van der Waals surface area contributed by atoms with Crippen LogP contribution < -0.4 is 14.9 Å². The van der Waals surface area contributed by atoms with Gasteiger partial charge in [0.05, 0.1) is 12.7 Å². The summed E-state index contributed by atoms with van der Waals surface area (Å²) in [5, 5.41) is 5.11. The Morgan fingerprint density at radius 2 is 2.03 bits per heavy atom. The fourth-order valence-electron chi connectivity index (χ4n) is 2.10. The van der Waals surface area contributed by atoms with Crippen molar-refractivity contribution < 1.29 is 27.9 Å². The fourth-order valence-corrected chi connectivity index (χ4v) is 3.77. The smallest absolute Gasteiger partial charge is 0.413 e. The first-order valence-electron chi connectivity index (χ1n) is 8.91. The highest BCUT2D eigenvalue weighted by Crippen LogP contribution is 2.44. The standard InChI is InChI=1S/C18H27ClN3O6P/c1-4-21-29(25,28-15-8-6-5-7-9-15)27-13-16(26-3)12-17(19)22(14-23)11-10-18(24)20-2/h5-11,14,16-17H,4,12-13H2,1-3H3,(H,20,24)(H,21,25)/b11-10-. The molecule has 3 unspecified atom stereocenters. The van der Waals surface area contributed by atoms with Crippen molar-refractivity contribution in [2.75, 3.05) is 27.3 Å². The SMILES string of the molecule is CCNP(=O)(OCC(CC(Cl)N(C=O)/C=C\C(=O)NC)OC)Oc1ccccc1. The van der Waals surface area contributed by atoms with Crippen LogP contribution in [-0.2, 0) is 23.4 Å². The third-order valence-corrected chi connectivity index (χ3v) is 5.68. The van der Waals surface area contributed by atoms with Crippen molar-refractivity contribution in [2.24, 2.45) is 0 Å². The highest BCUT2D eigenvalue weighted by Gasteiger charge is 2.28. The molecule has 1 aromatic carbocycles. The predicted octanol–water partition coefficient (Wildman–Crippen LogP) is 2.49. The lowest BCUT2D eigenvalue weighted by molar-refractivity contribution is -0.117. The molecule has 2 amide bonds. The van der Waals surface area contributed by atoms with Gasteiger partial charge in [-0.15, -0.1) is 0 Å². The number of carbonyl (C=O) groups is 2. The van der Waals surface area contributed by atoms with Gasteiger partial charge in [-0.05, 0) is 12.1 Å². The van der Waals surface area contributed by atoms with Crippen LogP contribution in [0.25, 0.3) is 0 Å². The number of halogens is 1. The first kappa shape index (κ1) is 25.1. The van der Waals surface area contributed by atoms with E-state index < -0.39 is 19.4 Å². The molecule has 0 heterocycles. The fraction of sp³-hybridized carbons (Fsp3) is 0.444. The second kappa shape index (κ2) is 13.3. The number of benzene rings is 1. The van der Waals surface area contributed by atoms with Crippen LogP contribution in [0.2, 0.25) is 0 Å². The average molecular weight is 448 g/mol. The molecule has 162 valence electrons. The van der Waals surface area contributed by atoms with Crippen LogP contribution in [0, 0.1) is 0 Å². The largest absolute Gasteiger partial charge is 0.458 e. The molecule has 0 aromatic heterocycles. The number of nitrogens with zero attached hydrogens (tertiary/aromatic N) is 1. The molecule has 1 rings (SSSR count). The van der Waals surface area contributed by atoms with E-state index >= 15 is 0 Å². The number of hydrogen-bond acceptors (Lipinski definition) is 6. The second-order valence-corrected chi connectivity index (χ2v) is 7.98. The van der Waals surface area contributed by atoms with Crippen molar-refractivity contribution in [2.45, 2.75) is 24.9 Å². The zero-order chi connectivity index (χ0) is 21.7. The molecule has 9 nitrogen and oxygen atoms in total. The minimum Gasteiger partial charge on any atom is -0.413 e. The topological polar surface area (TPSA) is 106 Å². The lowest BCUT2D eigenvalue weighted by atomic mass is 10.2. The van der Waals surface area contributed by atoms with E-state index in [0.29, 0.717) is 18.7 Å². The molecule has 11 heteroatoms. The molecular weight excluding hydrogens is 421 g/mol. The molecule has 29 heavy (non-hydrogen) atoms. The van der Waals surface area contributed by atoms with E-state index in [2.05, 4.69) is 10.4 Å². The third kappa shape index (κ3) is 9.43. The Labute approximate surface area is 175 Å². The minimum absolute atomic E-state index is 0.0946. The number of likely N-dealkylation sites (N-methyl/N-ethyl adjacent to an activating group) is 1. The third-order valence-electron chi connectivity index (χ3n) is 3.63. The van der Waals surface area contributed by atoms with Crippen LogP contribution in [0.3, 0.4) is 0 Å². The minimum atomic E-state index is -3.64. The van der Waals surface area contributed by atoms with Crippen molar-refractivity contribution >= 4 is 31.7 Å². The summed E-state index contributed by atoms with van der Waals surface area (Å²) in [6, 6.07) is 8.64. The number of carbonyl (C=O) groups excluding carboxylic acids is 2. The highest BCUT2D eigenvalue weighted by molar-refractivity contribution is 7.52. The molecule has 0 aliphatic rings. The summed E-state index contributed by atoms with van der Waals surface area (Å²) >= 11 is 6.25. The molecule has 0 radical (unpaired) electrons. The second-order valence-electron chi connectivity index (χ2n) is 5.72. The van der Waals surface area contributed by atoms with E-state index in [-0.39, 0.29) is 18.9 Å². The van der Waals surface area contributed by atoms with E-state index in [0.717, 1.165) is 4.90 Å². The van der Waals surface area contributed by atoms with E-state index in [1.165, 1.54) is 26.4 Å². The van der Waals surface area contributed by atoms with E-state index in [1.54, 1.807) is 31.2 Å². The first-order chi connectivity index (χ1) is 13.9. The van der Waals surface area contributed by atoms with Crippen molar-refractivity contribution in [1.82, 2.24) is 15.3 Å². The van der Waals surface area contributed by atoms with Crippen LogP contribution >= 0.6 is 19.3 Å². The van der Waals surface area contributed by atoms with Gasteiger partial charge < -0.3 is 19.5 Å². The van der Waals surface area contributed by atoms with E-state index in [4.69, 9.17) is 25.4 Å². The molecule has 1 aromatic rings. The molecule has 0 aliphatic carbocycles. The molecule has 0 saturated carbocycles. The van der Waals surface area contributed by atoms with Gasteiger partial charge in [0.15, 0.2) is 0 Å². The Morgan fingerprint density at radius 1 is 1.34 bits per heavy atom. The lowest BCUT2D eigenvalue weighted by Crippen LogP contribution is -2.32. The Hall–Kier alpha value is -1.90. The van der Waals surface area contributed by atoms with Crippen molar-refractivity contribution in [3.63, 3.8) is 0 Å². The summed E-state index contributed by atoms with van der Waals surface area (Å²) in [6.45, 7) is 2.04. The molecule has 0 fully saturated rings. The Morgan fingerprint density at radius 3 is 2.59 bits per heavy atom. The Kier molecular flexibility index (Phi) is 11.6. The van der Waals surface area contributed by atoms with Gasteiger partial charge in [-0.25, -0.2) is 9.65 Å². The van der Waals surface area contributed by atoms with Crippen molar-refractivity contribution in [3.05, 3.63) is 42.6 Å². The maximum atomic E-state index is 12.9. The maximum absolute atomic E-state index is 12.9. The number of rotatable bonds is 14. The van der Waals surface area contributed by atoms with Gasteiger partial charge in [-0.2, -0.15) is 0 Å². The first-order valence-corrected chi connectivity index (χ1v) is 10.9. The summed E-state index contributed by atoms with van der Waals surface area (Å²) in [7, 11) is -0.725. The van der Waals surface area contributed by atoms with Gasteiger partial charge in [0.25, 0.3) is 0 Å². The van der Waals surface area contributed by atoms with Gasteiger partial charge in [0, 0.05) is 39.4 Å². The number of ether oxygens (including phenoxy) is 1.